The van der Waals surface area contributed by atoms with Gasteiger partial charge < -0.3 is 15.1 Å². The van der Waals surface area contributed by atoms with Gasteiger partial charge in [0.25, 0.3) is 0 Å². The van der Waals surface area contributed by atoms with Crippen LogP contribution in [0.5, 0.6) is 0 Å². The van der Waals surface area contributed by atoms with Crippen LogP contribution in [-0.4, -0.2) is 44.8 Å². The fourth-order valence-electron chi connectivity index (χ4n) is 2.34. The smallest absolute Gasteiger partial charge is 0.356 e. The quantitative estimate of drug-likeness (QED) is 0.812. The SMILES string of the molecule is O=C(O)c1c(N2CCC(O)C2)nc2ccccn12. The van der Waals surface area contributed by atoms with Gasteiger partial charge in [0.05, 0.1) is 6.10 Å². The van der Waals surface area contributed by atoms with Crippen molar-refractivity contribution >= 4 is 17.4 Å². The molecule has 0 saturated carbocycles. The fraction of sp³-hybridized carbons (Fsp3) is 0.333. The molecule has 1 atom stereocenters. The molecule has 6 heteroatoms. The normalized spacial score (nSPS) is 19.6. The van der Waals surface area contributed by atoms with Gasteiger partial charge in [-0.1, -0.05) is 6.07 Å². The number of aliphatic hydroxyl groups excluding tert-OH is 1. The lowest BCUT2D eigenvalue weighted by molar-refractivity contribution is 0.0690. The standard InChI is InChI=1S/C12H13N3O3/c16-8-4-6-14(7-8)11-10(12(17)18)15-5-2-1-3-9(15)13-11/h1-3,5,8,16H,4,6-7H2,(H,17,18). The largest absolute Gasteiger partial charge is 0.476 e. The number of carboxylic acid groups (broad SMARTS) is 1. The number of fused-ring (bicyclic) bond motifs is 1. The highest BCUT2D eigenvalue weighted by atomic mass is 16.4. The van der Waals surface area contributed by atoms with Crippen LogP contribution in [0.1, 0.15) is 16.9 Å². The van der Waals surface area contributed by atoms with E-state index < -0.39 is 12.1 Å². The number of pyridine rings is 1. The first-order chi connectivity index (χ1) is 8.66. The topological polar surface area (TPSA) is 78.1 Å². The van der Waals surface area contributed by atoms with Gasteiger partial charge in [-0.05, 0) is 18.6 Å². The molecule has 1 aliphatic heterocycles. The van der Waals surface area contributed by atoms with E-state index in [4.69, 9.17) is 0 Å². The Morgan fingerprint density at radius 1 is 1.44 bits per heavy atom. The first-order valence-corrected chi connectivity index (χ1v) is 5.80. The maximum Gasteiger partial charge on any atom is 0.356 e. The van der Waals surface area contributed by atoms with E-state index in [9.17, 15) is 15.0 Å². The number of rotatable bonds is 2. The molecule has 3 rings (SSSR count). The summed E-state index contributed by atoms with van der Waals surface area (Å²) in [6.07, 6.45) is 1.92. The molecule has 1 unspecified atom stereocenters. The van der Waals surface area contributed by atoms with E-state index >= 15 is 0 Å². The second-order valence-electron chi connectivity index (χ2n) is 4.41. The summed E-state index contributed by atoms with van der Waals surface area (Å²) in [5, 5.41) is 18.9. The maximum atomic E-state index is 11.4. The molecule has 18 heavy (non-hydrogen) atoms. The molecule has 0 amide bonds. The minimum Gasteiger partial charge on any atom is -0.476 e. The van der Waals surface area contributed by atoms with Crippen LogP contribution in [-0.2, 0) is 0 Å². The summed E-state index contributed by atoms with van der Waals surface area (Å²) in [7, 11) is 0. The Labute approximate surface area is 103 Å². The van der Waals surface area contributed by atoms with E-state index in [0.717, 1.165) is 0 Å². The van der Waals surface area contributed by atoms with Crippen molar-refractivity contribution in [3.05, 3.63) is 30.1 Å². The lowest BCUT2D eigenvalue weighted by Gasteiger charge is -2.15. The predicted molar refractivity (Wildman–Crippen MR) is 65.0 cm³/mol. The number of carboxylic acids is 1. The molecule has 2 N–H and O–H groups in total. The first-order valence-electron chi connectivity index (χ1n) is 5.80. The van der Waals surface area contributed by atoms with Gasteiger partial charge in [-0.15, -0.1) is 0 Å². The third-order valence-electron chi connectivity index (χ3n) is 3.18. The number of anilines is 1. The highest BCUT2D eigenvalue weighted by Crippen LogP contribution is 2.25. The van der Waals surface area contributed by atoms with Crippen molar-refractivity contribution in [2.75, 3.05) is 18.0 Å². The van der Waals surface area contributed by atoms with Crippen molar-refractivity contribution in [2.45, 2.75) is 12.5 Å². The van der Waals surface area contributed by atoms with Gasteiger partial charge in [-0.2, -0.15) is 0 Å². The van der Waals surface area contributed by atoms with Crippen LogP contribution in [0.2, 0.25) is 0 Å². The first kappa shape index (κ1) is 11.0. The number of β-amino-alcohol motifs (C(OH)–C–C–N with tert-alkyl or cyclic N) is 1. The second-order valence-corrected chi connectivity index (χ2v) is 4.41. The van der Waals surface area contributed by atoms with Crippen molar-refractivity contribution in [1.82, 2.24) is 9.38 Å². The van der Waals surface area contributed by atoms with Crippen LogP contribution in [0.25, 0.3) is 5.65 Å². The van der Waals surface area contributed by atoms with Gasteiger partial charge in [-0.3, -0.25) is 4.40 Å². The van der Waals surface area contributed by atoms with Crippen LogP contribution in [0.15, 0.2) is 24.4 Å². The predicted octanol–water partition coefficient (Wildman–Crippen LogP) is 0.604. The van der Waals surface area contributed by atoms with Crippen LogP contribution in [0, 0.1) is 0 Å². The summed E-state index contributed by atoms with van der Waals surface area (Å²) in [4.78, 5) is 17.6. The van der Waals surface area contributed by atoms with E-state index in [2.05, 4.69) is 4.98 Å². The van der Waals surface area contributed by atoms with Gasteiger partial charge in [0.1, 0.15) is 5.65 Å². The molecule has 2 aromatic heterocycles. The Bertz CT molecular complexity index is 608. The molecule has 1 fully saturated rings. The molecular weight excluding hydrogens is 234 g/mol. The number of carbonyl (C=O) groups is 1. The lowest BCUT2D eigenvalue weighted by Crippen LogP contribution is -2.23. The van der Waals surface area contributed by atoms with E-state index in [1.165, 1.54) is 0 Å². The molecule has 0 spiro atoms. The summed E-state index contributed by atoms with van der Waals surface area (Å²) in [5.41, 5.74) is 0.756. The Morgan fingerprint density at radius 3 is 2.94 bits per heavy atom. The van der Waals surface area contributed by atoms with Gasteiger partial charge in [0.2, 0.25) is 0 Å². The molecule has 94 valence electrons. The summed E-state index contributed by atoms with van der Waals surface area (Å²) < 4.78 is 1.56. The molecule has 1 aliphatic rings. The Hall–Kier alpha value is -2.08. The molecule has 6 nitrogen and oxygen atoms in total. The van der Waals surface area contributed by atoms with Crippen LogP contribution >= 0.6 is 0 Å². The number of imidazole rings is 1. The van der Waals surface area contributed by atoms with Crippen molar-refractivity contribution in [1.29, 1.82) is 0 Å². The van der Waals surface area contributed by atoms with Crippen molar-refractivity contribution < 1.29 is 15.0 Å². The van der Waals surface area contributed by atoms with Gasteiger partial charge in [-0.25, -0.2) is 9.78 Å². The molecule has 0 aromatic carbocycles. The summed E-state index contributed by atoms with van der Waals surface area (Å²) in [6.45, 7) is 1.06. The molecule has 0 aliphatic carbocycles. The van der Waals surface area contributed by atoms with Gasteiger partial charge >= 0.3 is 5.97 Å². The minimum absolute atomic E-state index is 0.153. The van der Waals surface area contributed by atoms with Crippen molar-refractivity contribution in [3.63, 3.8) is 0 Å². The average Bonchev–Trinajstić information content (AvgIpc) is 2.91. The van der Waals surface area contributed by atoms with Crippen LogP contribution in [0.3, 0.4) is 0 Å². The Kier molecular flexibility index (Phi) is 2.45. The zero-order chi connectivity index (χ0) is 12.7. The number of aromatic nitrogens is 2. The molecule has 0 radical (unpaired) electrons. The summed E-state index contributed by atoms with van der Waals surface area (Å²) in [5.74, 6) is -0.574. The molecule has 0 bridgehead atoms. The second kappa shape index (κ2) is 3.99. The number of hydrogen-bond donors (Lipinski definition) is 2. The monoisotopic (exact) mass is 247 g/mol. The van der Waals surface area contributed by atoms with Crippen molar-refractivity contribution in [2.24, 2.45) is 0 Å². The maximum absolute atomic E-state index is 11.4. The third kappa shape index (κ3) is 1.62. The van der Waals surface area contributed by atoms with E-state index in [1.54, 1.807) is 22.7 Å². The molecule has 3 heterocycles. The number of aliphatic hydroxyl groups is 1. The number of hydrogen-bond acceptors (Lipinski definition) is 4. The molecular formula is C12H13N3O3. The van der Waals surface area contributed by atoms with Crippen molar-refractivity contribution in [3.8, 4) is 0 Å². The summed E-state index contributed by atoms with van der Waals surface area (Å²) >= 11 is 0. The van der Waals surface area contributed by atoms with E-state index in [0.29, 0.717) is 31.0 Å². The zero-order valence-corrected chi connectivity index (χ0v) is 9.65. The third-order valence-corrected chi connectivity index (χ3v) is 3.18. The van der Waals surface area contributed by atoms with E-state index in [1.807, 2.05) is 11.0 Å². The number of nitrogens with zero attached hydrogens (tertiary/aromatic N) is 3. The molecule has 1 saturated heterocycles. The number of aromatic carboxylic acids is 1. The zero-order valence-electron chi connectivity index (χ0n) is 9.65. The average molecular weight is 247 g/mol. The van der Waals surface area contributed by atoms with E-state index in [-0.39, 0.29) is 5.69 Å². The minimum atomic E-state index is -1.01. The summed E-state index contributed by atoms with van der Waals surface area (Å²) in [6, 6.07) is 5.35. The van der Waals surface area contributed by atoms with Crippen LogP contribution in [0.4, 0.5) is 5.82 Å². The Morgan fingerprint density at radius 2 is 2.28 bits per heavy atom. The highest BCUT2D eigenvalue weighted by molar-refractivity contribution is 5.93. The highest BCUT2D eigenvalue weighted by Gasteiger charge is 2.28. The van der Waals surface area contributed by atoms with Gasteiger partial charge in [0.15, 0.2) is 11.5 Å². The van der Waals surface area contributed by atoms with Gasteiger partial charge in [0, 0.05) is 19.3 Å². The lowest BCUT2D eigenvalue weighted by atomic mass is 10.3. The molecule has 2 aromatic rings. The fourth-order valence-corrected chi connectivity index (χ4v) is 2.34. The van der Waals surface area contributed by atoms with Crippen LogP contribution < -0.4 is 4.90 Å². The Balaban J connectivity index is 2.16.